The molecule has 0 unspecified atom stereocenters. The maximum atomic E-state index is 13.8. The summed E-state index contributed by atoms with van der Waals surface area (Å²) < 4.78 is 15.6. The smallest absolute Gasteiger partial charge is 0.410 e. The van der Waals surface area contributed by atoms with E-state index in [0.29, 0.717) is 36.9 Å². The molecule has 2 aromatic rings. The lowest BCUT2D eigenvalue weighted by atomic mass is 9.66. The Morgan fingerprint density at radius 1 is 1.17 bits per heavy atom. The molecule has 11 heteroatoms. The standard InChI is InChI=1S/C24H38BrN5O4Si/c1-23(2,3)34-22(32)28-12-10-24(11-13-28)9-7-8-17-18(24)19(31)30-21(26-20(25)27-30)29(17)16-33-14-15-35(4,5)6/h7-16H2,1-6H3. The number of ether oxygens (including phenoxy) is 2. The number of fused-ring (bicyclic) bond motifs is 3. The van der Waals surface area contributed by atoms with Gasteiger partial charge in [0.15, 0.2) is 0 Å². The molecular weight excluding hydrogens is 530 g/mol. The monoisotopic (exact) mass is 567 g/mol. The number of nitrogens with zero attached hydrogens (tertiary/aromatic N) is 5. The highest BCUT2D eigenvalue weighted by Gasteiger charge is 2.44. The van der Waals surface area contributed by atoms with Crippen molar-refractivity contribution in [3.8, 4) is 0 Å². The molecule has 0 bridgehead atoms. The summed E-state index contributed by atoms with van der Waals surface area (Å²) >= 11 is 3.36. The molecule has 0 N–H and O–H groups in total. The van der Waals surface area contributed by atoms with E-state index in [2.05, 4.69) is 45.7 Å². The van der Waals surface area contributed by atoms with Gasteiger partial charge in [-0.15, -0.1) is 5.10 Å². The molecule has 2 aliphatic rings. The zero-order valence-corrected chi connectivity index (χ0v) is 24.4. The van der Waals surface area contributed by atoms with E-state index in [1.54, 1.807) is 4.90 Å². The second-order valence-electron chi connectivity index (χ2n) is 12.1. The number of carbonyl (C=O) groups is 1. The Morgan fingerprint density at radius 3 is 2.49 bits per heavy atom. The van der Waals surface area contributed by atoms with Crippen LogP contribution in [-0.2, 0) is 28.0 Å². The zero-order valence-electron chi connectivity index (χ0n) is 21.8. The lowest BCUT2D eigenvalue weighted by molar-refractivity contribution is 0.0151. The first-order valence-electron chi connectivity index (χ1n) is 12.5. The molecule has 4 rings (SSSR count). The molecule has 2 aromatic heterocycles. The fraction of sp³-hybridized carbons (Fsp3) is 0.750. The van der Waals surface area contributed by atoms with Gasteiger partial charge in [-0.05, 0) is 74.8 Å². The fourth-order valence-corrected chi connectivity index (χ4v) is 6.28. The van der Waals surface area contributed by atoms with Crippen molar-refractivity contribution in [3.05, 3.63) is 26.3 Å². The molecule has 1 spiro atoms. The van der Waals surface area contributed by atoms with Gasteiger partial charge in [0.1, 0.15) is 12.3 Å². The van der Waals surface area contributed by atoms with Gasteiger partial charge < -0.3 is 14.4 Å². The topological polar surface area (TPSA) is 91.0 Å². The summed E-state index contributed by atoms with van der Waals surface area (Å²) in [5, 5.41) is 4.37. The summed E-state index contributed by atoms with van der Waals surface area (Å²) in [6, 6.07) is 1.08. The minimum absolute atomic E-state index is 0.100. The molecule has 35 heavy (non-hydrogen) atoms. The molecule has 0 atom stereocenters. The largest absolute Gasteiger partial charge is 0.444 e. The van der Waals surface area contributed by atoms with Crippen LogP contribution in [0.5, 0.6) is 0 Å². The summed E-state index contributed by atoms with van der Waals surface area (Å²) in [6.45, 7) is 14.8. The second-order valence-corrected chi connectivity index (χ2v) is 18.4. The second kappa shape index (κ2) is 9.62. The van der Waals surface area contributed by atoms with Gasteiger partial charge in [0, 0.05) is 44.4 Å². The fourth-order valence-electron chi connectivity index (χ4n) is 5.20. The van der Waals surface area contributed by atoms with Crippen LogP contribution in [0.1, 0.15) is 57.7 Å². The van der Waals surface area contributed by atoms with Gasteiger partial charge in [0.2, 0.25) is 10.5 Å². The number of aromatic nitrogens is 4. The Bertz CT molecular complexity index is 1160. The summed E-state index contributed by atoms with van der Waals surface area (Å²) in [7, 11) is -1.21. The Hall–Kier alpha value is -1.72. The van der Waals surface area contributed by atoms with E-state index < -0.39 is 13.7 Å². The van der Waals surface area contributed by atoms with E-state index in [4.69, 9.17) is 9.47 Å². The van der Waals surface area contributed by atoms with Crippen molar-refractivity contribution in [2.24, 2.45) is 0 Å². The highest BCUT2D eigenvalue weighted by Crippen LogP contribution is 2.43. The molecule has 1 aliphatic heterocycles. The van der Waals surface area contributed by atoms with Gasteiger partial charge in [0.05, 0.1) is 0 Å². The van der Waals surface area contributed by atoms with Gasteiger partial charge in [-0.1, -0.05) is 19.6 Å². The Labute approximate surface area is 216 Å². The molecule has 1 aliphatic carbocycles. The molecule has 0 radical (unpaired) electrons. The third-order valence-electron chi connectivity index (χ3n) is 7.01. The molecule has 3 heterocycles. The van der Waals surface area contributed by atoms with E-state index in [1.165, 1.54) is 4.52 Å². The number of piperidine rings is 1. The number of rotatable bonds is 5. The average Bonchev–Trinajstić information content (AvgIpc) is 3.13. The summed E-state index contributed by atoms with van der Waals surface area (Å²) in [5.74, 6) is 0.511. The van der Waals surface area contributed by atoms with Crippen molar-refractivity contribution in [2.45, 2.75) is 96.3 Å². The summed E-state index contributed by atoms with van der Waals surface area (Å²) in [4.78, 5) is 32.7. The third-order valence-corrected chi connectivity index (χ3v) is 9.05. The molecule has 1 fully saturated rings. The molecule has 1 saturated heterocycles. The van der Waals surface area contributed by atoms with Crippen molar-refractivity contribution in [1.82, 2.24) is 24.1 Å². The van der Waals surface area contributed by atoms with Crippen LogP contribution in [-0.4, -0.2) is 63.5 Å². The number of carbonyl (C=O) groups excluding carboxylic acids is 1. The lowest BCUT2D eigenvalue weighted by Crippen LogP contribution is -2.50. The SMILES string of the molecule is CC(C)(C)OC(=O)N1CCC2(CCCc3c2c(=O)n2nc(Br)nc2n3COCC[Si](C)(C)C)CC1. The number of hydrogen-bond donors (Lipinski definition) is 0. The van der Waals surface area contributed by atoms with Crippen LogP contribution < -0.4 is 5.56 Å². The summed E-state index contributed by atoms with van der Waals surface area (Å²) in [6.07, 6.45) is 3.89. The Balaban J connectivity index is 1.66. The van der Waals surface area contributed by atoms with E-state index in [0.717, 1.165) is 49.4 Å². The van der Waals surface area contributed by atoms with E-state index in [9.17, 15) is 9.59 Å². The first kappa shape index (κ1) is 26.3. The minimum atomic E-state index is -1.21. The molecule has 1 amide bonds. The average molecular weight is 569 g/mol. The Morgan fingerprint density at radius 2 is 1.86 bits per heavy atom. The highest BCUT2D eigenvalue weighted by molar-refractivity contribution is 9.10. The van der Waals surface area contributed by atoms with Crippen LogP contribution in [0.2, 0.25) is 25.7 Å². The van der Waals surface area contributed by atoms with Crippen molar-refractivity contribution >= 4 is 35.9 Å². The molecule has 9 nitrogen and oxygen atoms in total. The van der Waals surface area contributed by atoms with Crippen LogP contribution in [0.3, 0.4) is 0 Å². The van der Waals surface area contributed by atoms with Crippen molar-refractivity contribution in [1.29, 1.82) is 0 Å². The van der Waals surface area contributed by atoms with Crippen LogP contribution in [0.25, 0.3) is 5.78 Å². The molecule has 194 valence electrons. The predicted molar refractivity (Wildman–Crippen MR) is 141 cm³/mol. The van der Waals surface area contributed by atoms with Gasteiger partial charge >= 0.3 is 6.09 Å². The van der Waals surface area contributed by atoms with Crippen LogP contribution >= 0.6 is 15.9 Å². The van der Waals surface area contributed by atoms with E-state index in [-0.39, 0.29) is 17.1 Å². The Kier molecular flexibility index (Phi) is 7.24. The van der Waals surface area contributed by atoms with Gasteiger partial charge in [-0.3, -0.25) is 9.36 Å². The summed E-state index contributed by atoms with van der Waals surface area (Å²) in [5.41, 5.74) is 0.921. The van der Waals surface area contributed by atoms with E-state index in [1.807, 2.05) is 25.3 Å². The lowest BCUT2D eigenvalue weighted by Gasteiger charge is -2.45. The minimum Gasteiger partial charge on any atom is -0.444 e. The number of amides is 1. The van der Waals surface area contributed by atoms with Crippen molar-refractivity contribution in [3.63, 3.8) is 0 Å². The molecule has 0 saturated carbocycles. The first-order valence-corrected chi connectivity index (χ1v) is 17.0. The highest BCUT2D eigenvalue weighted by atomic mass is 79.9. The third kappa shape index (κ3) is 5.66. The maximum Gasteiger partial charge on any atom is 0.410 e. The van der Waals surface area contributed by atoms with Gasteiger partial charge in [-0.25, -0.2) is 4.79 Å². The van der Waals surface area contributed by atoms with Crippen molar-refractivity contribution in [2.75, 3.05) is 19.7 Å². The molecule has 0 aromatic carbocycles. The van der Waals surface area contributed by atoms with Crippen molar-refractivity contribution < 1.29 is 14.3 Å². The zero-order chi connectivity index (χ0) is 25.6. The predicted octanol–water partition coefficient (Wildman–Crippen LogP) is 4.57. The van der Waals surface area contributed by atoms with Crippen LogP contribution in [0.15, 0.2) is 9.53 Å². The van der Waals surface area contributed by atoms with Crippen LogP contribution in [0, 0.1) is 0 Å². The van der Waals surface area contributed by atoms with Gasteiger partial charge in [0.25, 0.3) is 5.56 Å². The van der Waals surface area contributed by atoms with E-state index >= 15 is 0 Å². The number of likely N-dealkylation sites (tertiary alicyclic amines) is 1. The maximum absolute atomic E-state index is 13.8. The normalized spacial score (nSPS) is 18.2. The quantitative estimate of drug-likeness (QED) is 0.388. The number of hydrogen-bond acceptors (Lipinski definition) is 6. The first-order chi connectivity index (χ1) is 16.3. The van der Waals surface area contributed by atoms with Crippen LogP contribution in [0.4, 0.5) is 4.79 Å². The number of halogens is 1. The molecular formula is C24H38BrN5O4Si. The van der Waals surface area contributed by atoms with Gasteiger partial charge in [-0.2, -0.15) is 9.50 Å².